The molecule has 0 saturated heterocycles. The summed E-state index contributed by atoms with van der Waals surface area (Å²) in [6.07, 6.45) is 1.53. The van der Waals surface area contributed by atoms with E-state index >= 15 is 0 Å². The van der Waals surface area contributed by atoms with Crippen molar-refractivity contribution in [1.29, 1.82) is 0 Å². The molecule has 0 aliphatic carbocycles. The van der Waals surface area contributed by atoms with Crippen LogP contribution in [0.3, 0.4) is 0 Å². The first-order chi connectivity index (χ1) is 13.8. The van der Waals surface area contributed by atoms with E-state index in [0.717, 1.165) is 15.6 Å². The molecule has 2 N–H and O–H groups in total. The van der Waals surface area contributed by atoms with Crippen LogP contribution in [0.2, 0.25) is 0 Å². The van der Waals surface area contributed by atoms with Gasteiger partial charge in [0.15, 0.2) is 0 Å². The van der Waals surface area contributed by atoms with E-state index < -0.39 is 15.9 Å². The molecule has 0 atom stereocenters. The van der Waals surface area contributed by atoms with Gasteiger partial charge in [-0.05, 0) is 49.4 Å². The van der Waals surface area contributed by atoms with Gasteiger partial charge in [0.1, 0.15) is 0 Å². The van der Waals surface area contributed by atoms with E-state index in [2.05, 4.69) is 31.2 Å². The highest BCUT2D eigenvalue weighted by atomic mass is 79.9. The lowest BCUT2D eigenvalue weighted by molar-refractivity contribution is 0.0955. The molecular weight excluding hydrogens is 454 g/mol. The quantitative estimate of drug-likeness (QED) is 0.414. The first-order valence-electron chi connectivity index (χ1n) is 8.63. The lowest BCUT2D eigenvalue weighted by atomic mass is 10.2. The summed E-state index contributed by atoms with van der Waals surface area (Å²) < 4.78 is 28.2. The van der Waals surface area contributed by atoms with Crippen molar-refractivity contribution in [2.24, 2.45) is 5.10 Å². The van der Waals surface area contributed by atoms with Gasteiger partial charge in [0.25, 0.3) is 15.9 Å². The Morgan fingerprint density at radius 2 is 1.62 bits per heavy atom. The lowest BCUT2D eigenvalue weighted by Crippen LogP contribution is -2.18. The van der Waals surface area contributed by atoms with Crippen LogP contribution < -0.4 is 10.1 Å². The number of rotatable bonds is 6. The van der Waals surface area contributed by atoms with E-state index in [1.54, 1.807) is 24.3 Å². The maximum atomic E-state index is 12.4. The molecule has 0 saturated carbocycles. The average molecular weight is 472 g/mol. The molecule has 0 heterocycles. The van der Waals surface area contributed by atoms with Crippen LogP contribution in [0, 0.1) is 6.92 Å². The SMILES string of the molecule is Cc1ccc(S(=O)(=O)Nc2ccc(C(=O)N/N=C/c3ccccc3Br)cc2)cc1. The first-order valence-corrected chi connectivity index (χ1v) is 10.9. The maximum Gasteiger partial charge on any atom is 0.271 e. The topological polar surface area (TPSA) is 87.6 Å². The van der Waals surface area contributed by atoms with Gasteiger partial charge in [0.2, 0.25) is 0 Å². The van der Waals surface area contributed by atoms with Crippen molar-refractivity contribution in [1.82, 2.24) is 5.43 Å². The predicted octanol–water partition coefficient (Wildman–Crippen LogP) is 4.32. The number of halogens is 1. The van der Waals surface area contributed by atoms with Crippen molar-refractivity contribution < 1.29 is 13.2 Å². The Morgan fingerprint density at radius 1 is 0.966 bits per heavy atom. The molecule has 3 rings (SSSR count). The summed E-state index contributed by atoms with van der Waals surface area (Å²) >= 11 is 3.40. The van der Waals surface area contributed by atoms with E-state index in [4.69, 9.17) is 0 Å². The number of nitrogens with one attached hydrogen (secondary N) is 2. The fraction of sp³-hybridized carbons (Fsp3) is 0.0476. The molecule has 0 aliphatic rings. The minimum atomic E-state index is -3.69. The van der Waals surface area contributed by atoms with Gasteiger partial charge < -0.3 is 0 Å². The van der Waals surface area contributed by atoms with Crippen molar-refractivity contribution in [3.05, 3.63) is 94.0 Å². The summed E-state index contributed by atoms with van der Waals surface area (Å²) in [7, 11) is -3.69. The molecule has 0 unspecified atom stereocenters. The minimum Gasteiger partial charge on any atom is -0.280 e. The highest BCUT2D eigenvalue weighted by Crippen LogP contribution is 2.17. The smallest absolute Gasteiger partial charge is 0.271 e. The number of benzene rings is 3. The summed E-state index contributed by atoms with van der Waals surface area (Å²) in [5, 5.41) is 3.94. The van der Waals surface area contributed by atoms with Gasteiger partial charge in [0.05, 0.1) is 11.1 Å². The number of aryl methyl sites for hydroxylation is 1. The molecular formula is C21H18BrN3O3S. The zero-order valence-electron chi connectivity index (χ0n) is 15.5. The highest BCUT2D eigenvalue weighted by Gasteiger charge is 2.14. The number of amides is 1. The van der Waals surface area contributed by atoms with Gasteiger partial charge in [-0.2, -0.15) is 5.10 Å². The Balaban J connectivity index is 1.64. The van der Waals surface area contributed by atoms with Crippen molar-refractivity contribution in [3.63, 3.8) is 0 Å². The van der Waals surface area contributed by atoms with Crippen LogP contribution in [0.1, 0.15) is 21.5 Å². The number of carbonyl (C=O) groups is 1. The summed E-state index contributed by atoms with van der Waals surface area (Å²) in [5.41, 5.74) is 4.96. The monoisotopic (exact) mass is 471 g/mol. The van der Waals surface area contributed by atoms with Crippen LogP contribution in [0.25, 0.3) is 0 Å². The summed E-state index contributed by atoms with van der Waals surface area (Å²) in [6, 6.07) is 20.1. The molecule has 148 valence electrons. The summed E-state index contributed by atoms with van der Waals surface area (Å²) in [6.45, 7) is 1.89. The maximum absolute atomic E-state index is 12.4. The Labute approximate surface area is 177 Å². The van der Waals surface area contributed by atoms with Gasteiger partial charge in [-0.25, -0.2) is 13.8 Å². The third-order valence-corrected chi connectivity index (χ3v) is 6.12. The third-order valence-electron chi connectivity index (χ3n) is 4.01. The molecule has 6 nitrogen and oxygen atoms in total. The van der Waals surface area contributed by atoms with Gasteiger partial charge in [0, 0.05) is 21.3 Å². The fourth-order valence-corrected chi connectivity index (χ4v) is 3.87. The van der Waals surface area contributed by atoms with E-state index in [0.29, 0.717) is 11.3 Å². The van der Waals surface area contributed by atoms with Gasteiger partial charge in [-0.3, -0.25) is 9.52 Å². The lowest BCUT2D eigenvalue weighted by Gasteiger charge is -2.09. The van der Waals surface area contributed by atoms with Crippen molar-refractivity contribution in [2.75, 3.05) is 4.72 Å². The Bertz CT molecular complexity index is 1140. The van der Waals surface area contributed by atoms with Crippen LogP contribution >= 0.6 is 15.9 Å². The van der Waals surface area contributed by atoms with Crippen LogP contribution in [-0.4, -0.2) is 20.5 Å². The fourth-order valence-electron chi connectivity index (χ4n) is 2.43. The minimum absolute atomic E-state index is 0.173. The van der Waals surface area contributed by atoms with Crippen LogP contribution in [-0.2, 0) is 10.0 Å². The Morgan fingerprint density at radius 3 is 2.28 bits per heavy atom. The number of hydrazone groups is 1. The second-order valence-electron chi connectivity index (χ2n) is 6.22. The largest absolute Gasteiger partial charge is 0.280 e. The van der Waals surface area contributed by atoms with Crippen molar-refractivity contribution in [2.45, 2.75) is 11.8 Å². The second kappa shape index (κ2) is 9.02. The van der Waals surface area contributed by atoms with Gasteiger partial charge in [-0.1, -0.05) is 51.8 Å². The normalized spacial score (nSPS) is 11.4. The number of anilines is 1. The molecule has 29 heavy (non-hydrogen) atoms. The van der Waals surface area contributed by atoms with Crippen LogP contribution in [0.5, 0.6) is 0 Å². The standard InChI is InChI=1S/C21H18BrN3O3S/c1-15-6-12-19(13-7-15)29(27,28)25-18-10-8-16(9-11-18)21(26)24-23-14-17-4-2-3-5-20(17)22/h2-14,25H,1H3,(H,24,26)/b23-14+. The summed E-state index contributed by atoms with van der Waals surface area (Å²) in [4.78, 5) is 12.4. The number of carbonyl (C=O) groups excluding carboxylic acids is 1. The number of hydrogen-bond donors (Lipinski definition) is 2. The molecule has 0 radical (unpaired) electrons. The van der Waals surface area contributed by atoms with E-state index in [-0.39, 0.29) is 4.90 Å². The molecule has 0 aromatic heterocycles. The van der Waals surface area contributed by atoms with E-state index in [1.165, 1.54) is 30.5 Å². The van der Waals surface area contributed by atoms with Crippen molar-refractivity contribution >= 4 is 43.8 Å². The third kappa shape index (κ3) is 5.52. The Kier molecular flexibility index (Phi) is 6.46. The van der Waals surface area contributed by atoms with Crippen LogP contribution in [0.15, 0.2) is 87.3 Å². The zero-order chi connectivity index (χ0) is 20.9. The molecule has 0 aliphatic heterocycles. The summed E-state index contributed by atoms with van der Waals surface area (Å²) in [5.74, 6) is -0.402. The highest BCUT2D eigenvalue weighted by molar-refractivity contribution is 9.10. The van der Waals surface area contributed by atoms with E-state index in [1.807, 2.05) is 31.2 Å². The average Bonchev–Trinajstić information content (AvgIpc) is 2.70. The molecule has 0 spiro atoms. The van der Waals surface area contributed by atoms with Gasteiger partial charge in [-0.15, -0.1) is 0 Å². The first kappa shape index (κ1) is 20.8. The number of sulfonamides is 1. The molecule has 8 heteroatoms. The molecule has 3 aromatic carbocycles. The zero-order valence-corrected chi connectivity index (χ0v) is 17.9. The van der Waals surface area contributed by atoms with Gasteiger partial charge >= 0.3 is 0 Å². The molecule has 0 bridgehead atoms. The predicted molar refractivity (Wildman–Crippen MR) is 118 cm³/mol. The van der Waals surface area contributed by atoms with Crippen molar-refractivity contribution in [3.8, 4) is 0 Å². The number of hydrogen-bond acceptors (Lipinski definition) is 4. The van der Waals surface area contributed by atoms with E-state index in [9.17, 15) is 13.2 Å². The van der Waals surface area contributed by atoms with Crippen LogP contribution in [0.4, 0.5) is 5.69 Å². The molecule has 1 amide bonds. The molecule has 3 aromatic rings. The molecule has 0 fully saturated rings. The second-order valence-corrected chi connectivity index (χ2v) is 8.75. The number of nitrogens with zero attached hydrogens (tertiary/aromatic N) is 1. The Hall–Kier alpha value is -2.97.